The largest absolute Gasteiger partial charge is 0.484 e. The van der Waals surface area contributed by atoms with Gasteiger partial charge in [-0.15, -0.1) is 0 Å². The number of piperidine rings is 1. The minimum atomic E-state index is 0.0254. The molecule has 132 valence electrons. The SMILES string of the molecule is C[C@@H]1CCC[C@H](C)N1C(=O)COc1cccc(Oc2ncccn2)c1. The molecule has 1 aliphatic rings. The molecule has 0 bridgehead atoms. The molecule has 0 radical (unpaired) electrons. The fraction of sp³-hybridized carbons (Fsp3) is 0.421. The van der Waals surface area contributed by atoms with Crippen molar-refractivity contribution < 1.29 is 14.3 Å². The number of aromatic nitrogens is 2. The Morgan fingerprint density at radius 2 is 1.80 bits per heavy atom. The molecule has 6 heteroatoms. The summed E-state index contributed by atoms with van der Waals surface area (Å²) in [5, 5.41) is 0. The van der Waals surface area contributed by atoms with E-state index in [1.807, 2.05) is 11.0 Å². The van der Waals surface area contributed by atoms with Gasteiger partial charge in [-0.3, -0.25) is 4.79 Å². The van der Waals surface area contributed by atoms with Crippen molar-refractivity contribution in [1.82, 2.24) is 14.9 Å². The van der Waals surface area contributed by atoms with E-state index >= 15 is 0 Å². The van der Waals surface area contributed by atoms with Crippen LogP contribution in [-0.4, -0.2) is 39.5 Å². The Kier molecular flexibility index (Phi) is 5.48. The summed E-state index contributed by atoms with van der Waals surface area (Å²) in [6, 6.07) is 9.66. The van der Waals surface area contributed by atoms with Crippen molar-refractivity contribution >= 4 is 5.91 Å². The van der Waals surface area contributed by atoms with E-state index in [2.05, 4.69) is 23.8 Å². The molecular weight excluding hydrogens is 318 g/mol. The Balaban J connectivity index is 1.59. The van der Waals surface area contributed by atoms with Gasteiger partial charge in [0, 0.05) is 30.5 Å². The number of likely N-dealkylation sites (tertiary alicyclic amines) is 1. The van der Waals surface area contributed by atoms with Crippen LogP contribution in [0.25, 0.3) is 0 Å². The lowest BCUT2D eigenvalue weighted by Crippen LogP contribution is -2.49. The van der Waals surface area contributed by atoms with Crippen molar-refractivity contribution in [2.45, 2.75) is 45.2 Å². The summed E-state index contributed by atoms with van der Waals surface area (Å²) in [5.74, 6) is 1.17. The van der Waals surface area contributed by atoms with Gasteiger partial charge in [0.2, 0.25) is 0 Å². The van der Waals surface area contributed by atoms with Crippen molar-refractivity contribution in [2.24, 2.45) is 0 Å². The Morgan fingerprint density at radius 1 is 1.12 bits per heavy atom. The number of benzene rings is 1. The first-order valence-electron chi connectivity index (χ1n) is 8.62. The van der Waals surface area contributed by atoms with E-state index in [4.69, 9.17) is 9.47 Å². The first-order valence-corrected chi connectivity index (χ1v) is 8.62. The van der Waals surface area contributed by atoms with E-state index in [1.54, 1.807) is 36.7 Å². The van der Waals surface area contributed by atoms with Gasteiger partial charge in [-0.1, -0.05) is 6.07 Å². The summed E-state index contributed by atoms with van der Waals surface area (Å²) in [5.41, 5.74) is 0. The number of hydrogen-bond acceptors (Lipinski definition) is 5. The number of amides is 1. The van der Waals surface area contributed by atoms with Crippen LogP contribution in [0.1, 0.15) is 33.1 Å². The predicted molar refractivity (Wildman–Crippen MR) is 93.7 cm³/mol. The third kappa shape index (κ3) is 4.47. The molecule has 0 aliphatic carbocycles. The van der Waals surface area contributed by atoms with Gasteiger partial charge in [-0.25, -0.2) is 9.97 Å². The second kappa shape index (κ2) is 7.96. The topological polar surface area (TPSA) is 64.6 Å². The normalized spacial score (nSPS) is 20.2. The van der Waals surface area contributed by atoms with Crippen molar-refractivity contribution in [3.63, 3.8) is 0 Å². The first kappa shape index (κ1) is 17.2. The Bertz CT molecular complexity index is 698. The van der Waals surface area contributed by atoms with E-state index < -0.39 is 0 Å². The summed E-state index contributed by atoms with van der Waals surface area (Å²) in [6.45, 7) is 4.23. The molecule has 0 unspecified atom stereocenters. The molecule has 1 fully saturated rings. The smallest absolute Gasteiger partial charge is 0.321 e. The van der Waals surface area contributed by atoms with Gasteiger partial charge in [0.25, 0.3) is 5.91 Å². The molecule has 1 aromatic carbocycles. The predicted octanol–water partition coefficient (Wildman–Crippen LogP) is 3.44. The van der Waals surface area contributed by atoms with Crippen molar-refractivity contribution in [3.8, 4) is 17.5 Å². The van der Waals surface area contributed by atoms with E-state index in [-0.39, 0.29) is 30.6 Å². The zero-order valence-electron chi connectivity index (χ0n) is 14.6. The van der Waals surface area contributed by atoms with Crippen LogP contribution in [0.2, 0.25) is 0 Å². The highest BCUT2D eigenvalue weighted by atomic mass is 16.5. The Hall–Kier alpha value is -2.63. The third-order valence-electron chi connectivity index (χ3n) is 4.40. The molecule has 0 spiro atoms. The molecule has 0 saturated carbocycles. The van der Waals surface area contributed by atoms with Crippen LogP contribution >= 0.6 is 0 Å². The number of carbonyl (C=O) groups is 1. The summed E-state index contributed by atoms with van der Waals surface area (Å²) in [4.78, 5) is 22.5. The summed E-state index contributed by atoms with van der Waals surface area (Å²) >= 11 is 0. The molecular formula is C19H23N3O3. The van der Waals surface area contributed by atoms with E-state index in [1.165, 1.54) is 6.42 Å². The van der Waals surface area contributed by atoms with Gasteiger partial charge >= 0.3 is 6.01 Å². The number of ether oxygens (including phenoxy) is 2. The van der Waals surface area contributed by atoms with Gasteiger partial charge in [0.1, 0.15) is 11.5 Å². The van der Waals surface area contributed by atoms with Crippen molar-refractivity contribution in [2.75, 3.05) is 6.61 Å². The van der Waals surface area contributed by atoms with Gasteiger partial charge in [-0.2, -0.15) is 0 Å². The van der Waals surface area contributed by atoms with Crippen molar-refractivity contribution in [3.05, 3.63) is 42.7 Å². The van der Waals surface area contributed by atoms with Crippen LogP contribution < -0.4 is 9.47 Å². The summed E-state index contributed by atoms with van der Waals surface area (Å²) < 4.78 is 11.3. The lowest BCUT2D eigenvalue weighted by Gasteiger charge is -2.38. The quantitative estimate of drug-likeness (QED) is 0.833. The highest BCUT2D eigenvalue weighted by Crippen LogP contribution is 2.25. The number of rotatable bonds is 5. The van der Waals surface area contributed by atoms with Gasteiger partial charge in [0.15, 0.2) is 6.61 Å². The van der Waals surface area contributed by atoms with E-state index in [9.17, 15) is 4.79 Å². The molecule has 2 aromatic rings. The second-order valence-electron chi connectivity index (χ2n) is 6.33. The van der Waals surface area contributed by atoms with Gasteiger partial charge < -0.3 is 14.4 Å². The average molecular weight is 341 g/mol. The fourth-order valence-corrected chi connectivity index (χ4v) is 3.20. The fourth-order valence-electron chi connectivity index (χ4n) is 3.20. The molecule has 1 saturated heterocycles. The molecule has 25 heavy (non-hydrogen) atoms. The average Bonchev–Trinajstić information content (AvgIpc) is 2.61. The van der Waals surface area contributed by atoms with E-state index in [0.717, 1.165) is 12.8 Å². The first-order chi connectivity index (χ1) is 12.1. The highest BCUT2D eigenvalue weighted by molar-refractivity contribution is 5.78. The van der Waals surface area contributed by atoms with Crippen LogP contribution in [0.5, 0.6) is 17.5 Å². The maximum atomic E-state index is 12.5. The monoisotopic (exact) mass is 341 g/mol. The number of hydrogen-bond donors (Lipinski definition) is 0. The van der Waals surface area contributed by atoms with Crippen LogP contribution in [0.4, 0.5) is 0 Å². The minimum Gasteiger partial charge on any atom is -0.484 e. The summed E-state index contributed by atoms with van der Waals surface area (Å²) in [7, 11) is 0. The molecule has 0 N–H and O–H groups in total. The van der Waals surface area contributed by atoms with Gasteiger partial charge in [0.05, 0.1) is 0 Å². The lowest BCUT2D eigenvalue weighted by atomic mass is 9.97. The van der Waals surface area contributed by atoms with Gasteiger partial charge in [-0.05, 0) is 51.3 Å². The maximum Gasteiger partial charge on any atom is 0.321 e. The number of carbonyl (C=O) groups excluding carboxylic acids is 1. The molecule has 1 aromatic heterocycles. The van der Waals surface area contributed by atoms with Crippen LogP contribution in [-0.2, 0) is 4.79 Å². The molecule has 2 atom stereocenters. The summed E-state index contributed by atoms with van der Waals surface area (Å²) in [6.07, 6.45) is 6.51. The standard InChI is InChI=1S/C19H23N3O3/c1-14-6-3-7-15(2)22(14)18(23)13-24-16-8-4-9-17(12-16)25-19-20-10-5-11-21-19/h4-5,8-12,14-15H,3,6-7,13H2,1-2H3/t14-,15+. The number of nitrogens with zero attached hydrogens (tertiary/aromatic N) is 3. The molecule has 1 aliphatic heterocycles. The second-order valence-corrected chi connectivity index (χ2v) is 6.33. The maximum absolute atomic E-state index is 12.5. The van der Waals surface area contributed by atoms with E-state index in [0.29, 0.717) is 11.5 Å². The molecule has 3 rings (SSSR count). The third-order valence-corrected chi connectivity index (χ3v) is 4.40. The Labute approximate surface area is 147 Å². The molecule has 2 heterocycles. The zero-order valence-corrected chi connectivity index (χ0v) is 14.6. The molecule has 1 amide bonds. The Morgan fingerprint density at radius 3 is 2.52 bits per heavy atom. The van der Waals surface area contributed by atoms with Crippen LogP contribution in [0.15, 0.2) is 42.7 Å². The van der Waals surface area contributed by atoms with Crippen LogP contribution in [0, 0.1) is 0 Å². The van der Waals surface area contributed by atoms with Crippen molar-refractivity contribution in [1.29, 1.82) is 0 Å². The zero-order chi connectivity index (χ0) is 17.6. The highest BCUT2D eigenvalue weighted by Gasteiger charge is 2.28. The lowest BCUT2D eigenvalue weighted by molar-refractivity contribution is -0.139. The molecule has 6 nitrogen and oxygen atoms in total. The van der Waals surface area contributed by atoms with Crippen LogP contribution in [0.3, 0.4) is 0 Å². The minimum absolute atomic E-state index is 0.0254.